The van der Waals surface area contributed by atoms with Gasteiger partial charge in [0.25, 0.3) is 0 Å². The molecule has 0 amide bonds. The van der Waals surface area contributed by atoms with Crippen LogP contribution in [0.1, 0.15) is 17.5 Å². The number of carbonyl (C=O) groups excluding carboxylic acids is 1. The molecule has 0 saturated carbocycles. The predicted molar refractivity (Wildman–Crippen MR) is 68.8 cm³/mol. The molecule has 98 valence electrons. The molecule has 1 fully saturated rings. The van der Waals surface area contributed by atoms with Crippen molar-refractivity contribution in [1.82, 2.24) is 5.32 Å². The monoisotopic (exact) mass is 249 g/mol. The lowest BCUT2D eigenvalue weighted by Crippen LogP contribution is -2.31. The standard InChI is InChI=1S/C14H19NO3/c1-9-5-4-6-13(10(9)2)18-11-7-12(15-8-11)14(16)17-3/h4-6,11-12,15H,7-8H2,1-3H3/t11?,12-/m0/s1. The Kier molecular flexibility index (Phi) is 3.87. The van der Waals surface area contributed by atoms with Gasteiger partial charge in [-0.05, 0) is 31.0 Å². The first-order valence-corrected chi connectivity index (χ1v) is 6.16. The number of carbonyl (C=O) groups is 1. The van der Waals surface area contributed by atoms with Crippen LogP contribution in [0, 0.1) is 13.8 Å². The highest BCUT2D eigenvalue weighted by Crippen LogP contribution is 2.24. The summed E-state index contributed by atoms with van der Waals surface area (Å²) in [5, 5.41) is 3.11. The molecule has 0 radical (unpaired) electrons. The molecule has 4 heteroatoms. The van der Waals surface area contributed by atoms with Gasteiger partial charge in [-0.1, -0.05) is 12.1 Å². The minimum atomic E-state index is -0.245. The van der Waals surface area contributed by atoms with Crippen LogP contribution < -0.4 is 10.1 Å². The Morgan fingerprint density at radius 2 is 2.17 bits per heavy atom. The van der Waals surface area contributed by atoms with Crippen molar-refractivity contribution < 1.29 is 14.3 Å². The van der Waals surface area contributed by atoms with Crippen LogP contribution in [0.3, 0.4) is 0 Å². The summed E-state index contributed by atoms with van der Waals surface area (Å²) in [6, 6.07) is 5.77. The van der Waals surface area contributed by atoms with Crippen molar-refractivity contribution in [3.8, 4) is 5.75 Å². The summed E-state index contributed by atoms with van der Waals surface area (Å²) >= 11 is 0. The highest BCUT2D eigenvalue weighted by Gasteiger charge is 2.31. The molecule has 0 aromatic heterocycles. The zero-order chi connectivity index (χ0) is 13.1. The number of esters is 1. The lowest BCUT2D eigenvalue weighted by Gasteiger charge is -2.15. The smallest absolute Gasteiger partial charge is 0.323 e. The maximum absolute atomic E-state index is 11.4. The third kappa shape index (κ3) is 2.64. The Hall–Kier alpha value is -1.55. The number of rotatable bonds is 3. The molecule has 1 heterocycles. The summed E-state index contributed by atoms with van der Waals surface area (Å²) in [7, 11) is 1.41. The Morgan fingerprint density at radius 1 is 1.39 bits per heavy atom. The predicted octanol–water partition coefficient (Wildman–Crippen LogP) is 1.59. The zero-order valence-electron chi connectivity index (χ0n) is 11.0. The molecule has 1 saturated heterocycles. The number of hydrogen-bond acceptors (Lipinski definition) is 4. The molecule has 1 aliphatic heterocycles. The van der Waals surface area contributed by atoms with Crippen LogP contribution in [0.2, 0.25) is 0 Å². The fourth-order valence-electron chi connectivity index (χ4n) is 2.15. The number of methoxy groups -OCH3 is 1. The number of nitrogens with one attached hydrogen (secondary N) is 1. The van der Waals surface area contributed by atoms with E-state index in [1.807, 2.05) is 19.1 Å². The normalized spacial score (nSPS) is 22.8. The van der Waals surface area contributed by atoms with Gasteiger partial charge in [-0.3, -0.25) is 4.79 Å². The van der Waals surface area contributed by atoms with Crippen LogP contribution in [0.15, 0.2) is 18.2 Å². The van der Waals surface area contributed by atoms with Crippen LogP contribution in [0.5, 0.6) is 5.75 Å². The zero-order valence-corrected chi connectivity index (χ0v) is 11.0. The minimum Gasteiger partial charge on any atom is -0.489 e. The third-order valence-corrected chi connectivity index (χ3v) is 3.42. The lowest BCUT2D eigenvalue weighted by molar-refractivity contribution is -0.142. The minimum absolute atomic E-state index is 0.0228. The van der Waals surface area contributed by atoms with Crippen LogP contribution in [-0.2, 0) is 9.53 Å². The van der Waals surface area contributed by atoms with Crippen LogP contribution >= 0.6 is 0 Å². The topological polar surface area (TPSA) is 47.6 Å². The van der Waals surface area contributed by atoms with Crippen molar-refractivity contribution in [1.29, 1.82) is 0 Å². The molecular weight excluding hydrogens is 230 g/mol. The second kappa shape index (κ2) is 5.40. The molecular formula is C14H19NO3. The Labute approximate surface area is 107 Å². The SMILES string of the molecule is COC(=O)[C@@H]1CC(Oc2cccc(C)c2C)CN1. The average Bonchev–Trinajstić information content (AvgIpc) is 2.82. The van der Waals surface area contributed by atoms with Gasteiger partial charge in [0, 0.05) is 13.0 Å². The molecule has 1 unspecified atom stereocenters. The molecule has 18 heavy (non-hydrogen) atoms. The molecule has 2 rings (SSSR count). The van der Waals surface area contributed by atoms with Crippen molar-refractivity contribution in [2.75, 3.05) is 13.7 Å². The van der Waals surface area contributed by atoms with Gasteiger partial charge in [-0.25, -0.2) is 0 Å². The summed E-state index contributed by atoms with van der Waals surface area (Å²) in [4.78, 5) is 11.4. The molecule has 1 aromatic rings. The van der Waals surface area contributed by atoms with Gasteiger partial charge in [0.15, 0.2) is 0 Å². The van der Waals surface area contributed by atoms with E-state index in [1.54, 1.807) is 0 Å². The summed E-state index contributed by atoms with van der Waals surface area (Å²) in [6.07, 6.45) is 0.676. The Morgan fingerprint density at radius 3 is 2.89 bits per heavy atom. The third-order valence-electron chi connectivity index (χ3n) is 3.42. The molecule has 2 atom stereocenters. The van der Waals surface area contributed by atoms with Gasteiger partial charge < -0.3 is 14.8 Å². The Bertz CT molecular complexity index is 445. The fraction of sp³-hybridized carbons (Fsp3) is 0.500. The first-order chi connectivity index (χ1) is 8.61. The highest BCUT2D eigenvalue weighted by atomic mass is 16.5. The van der Waals surface area contributed by atoms with Crippen molar-refractivity contribution in [2.45, 2.75) is 32.4 Å². The number of ether oxygens (including phenoxy) is 2. The second-order valence-electron chi connectivity index (χ2n) is 4.66. The van der Waals surface area contributed by atoms with Gasteiger partial charge in [-0.15, -0.1) is 0 Å². The maximum atomic E-state index is 11.4. The van der Waals surface area contributed by atoms with Crippen LogP contribution in [0.4, 0.5) is 0 Å². The molecule has 1 N–H and O–H groups in total. The summed E-state index contributed by atoms with van der Waals surface area (Å²) in [6.45, 7) is 4.78. The highest BCUT2D eigenvalue weighted by molar-refractivity contribution is 5.76. The lowest BCUT2D eigenvalue weighted by atomic mass is 10.1. The number of benzene rings is 1. The van der Waals surface area contributed by atoms with E-state index in [4.69, 9.17) is 9.47 Å². The molecule has 0 spiro atoms. The van der Waals surface area contributed by atoms with E-state index in [-0.39, 0.29) is 18.1 Å². The summed E-state index contributed by atoms with van der Waals surface area (Å²) in [5.41, 5.74) is 2.36. The maximum Gasteiger partial charge on any atom is 0.323 e. The molecule has 4 nitrogen and oxygen atoms in total. The van der Waals surface area contributed by atoms with Crippen LogP contribution in [-0.4, -0.2) is 31.8 Å². The van der Waals surface area contributed by atoms with Crippen molar-refractivity contribution in [3.05, 3.63) is 29.3 Å². The molecule has 1 aliphatic rings. The number of hydrogen-bond donors (Lipinski definition) is 1. The second-order valence-corrected chi connectivity index (χ2v) is 4.66. The van der Waals surface area contributed by atoms with Crippen molar-refractivity contribution >= 4 is 5.97 Å². The summed E-state index contributed by atoms with van der Waals surface area (Å²) in [5.74, 6) is 0.675. The van der Waals surface area contributed by atoms with E-state index in [9.17, 15) is 4.79 Å². The molecule has 0 aliphatic carbocycles. The fourth-order valence-corrected chi connectivity index (χ4v) is 2.15. The van der Waals surface area contributed by atoms with E-state index >= 15 is 0 Å². The van der Waals surface area contributed by atoms with E-state index in [1.165, 1.54) is 12.7 Å². The van der Waals surface area contributed by atoms with E-state index in [0.29, 0.717) is 13.0 Å². The van der Waals surface area contributed by atoms with E-state index < -0.39 is 0 Å². The van der Waals surface area contributed by atoms with E-state index in [0.717, 1.165) is 11.3 Å². The first kappa shape index (κ1) is 12.9. The molecule has 1 aromatic carbocycles. The van der Waals surface area contributed by atoms with Gasteiger partial charge in [0.1, 0.15) is 17.9 Å². The molecule has 0 bridgehead atoms. The van der Waals surface area contributed by atoms with Gasteiger partial charge in [-0.2, -0.15) is 0 Å². The quantitative estimate of drug-likeness (QED) is 0.826. The van der Waals surface area contributed by atoms with Gasteiger partial charge in [0.2, 0.25) is 0 Å². The average molecular weight is 249 g/mol. The first-order valence-electron chi connectivity index (χ1n) is 6.16. The van der Waals surface area contributed by atoms with Gasteiger partial charge >= 0.3 is 5.97 Å². The van der Waals surface area contributed by atoms with Crippen LogP contribution in [0.25, 0.3) is 0 Å². The van der Waals surface area contributed by atoms with Gasteiger partial charge in [0.05, 0.1) is 7.11 Å². The van der Waals surface area contributed by atoms with Crippen molar-refractivity contribution in [3.63, 3.8) is 0 Å². The summed E-state index contributed by atoms with van der Waals surface area (Å²) < 4.78 is 10.7. The largest absolute Gasteiger partial charge is 0.489 e. The van der Waals surface area contributed by atoms with E-state index in [2.05, 4.69) is 18.3 Å². The van der Waals surface area contributed by atoms with Crippen molar-refractivity contribution in [2.24, 2.45) is 0 Å². The Balaban J connectivity index is 1.99. The number of aryl methyl sites for hydroxylation is 1.